The predicted octanol–water partition coefficient (Wildman–Crippen LogP) is 3.70. The van der Waals surface area contributed by atoms with Gasteiger partial charge in [0.15, 0.2) is 0 Å². The number of rotatable bonds is 0. The summed E-state index contributed by atoms with van der Waals surface area (Å²) in [5, 5.41) is 0. The Morgan fingerprint density at radius 1 is 1.20 bits per heavy atom. The average molecular weight is 204 g/mol. The maximum atomic E-state index is 5.86. The third kappa shape index (κ3) is 2.01. The average Bonchev–Trinajstić information content (AvgIpc) is 2.34. The first-order valence-corrected chi connectivity index (χ1v) is 5.60. The minimum atomic E-state index is -0.0289. The van der Waals surface area contributed by atoms with Crippen LogP contribution in [0, 0.1) is 0 Å². The molecule has 82 valence electrons. The van der Waals surface area contributed by atoms with E-state index in [0.29, 0.717) is 0 Å². The number of benzene rings is 1. The van der Waals surface area contributed by atoms with Crippen molar-refractivity contribution in [1.82, 2.24) is 0 Å². The van der Waals surface area contributed by atoms with Crippen molar-refractivity contribution in [1.29, 1.82) is 0 Å². The highest BCUT2D eigenvalue weighted by Gasteiger charge is 2.30. The maximum Gasteiger partial charge on any atom is 0.123 e. The van der Waals surface area contributed by atoms with Crippen LogP contribution in [0.15, 0.2) is 18.2 Å². The summed E-state index contributed by atoms with van der Waals surface area (Å²) in [5.41, 5.74) is 2.94. The van der Waals surface area contributed by atoms with Gasteiger partial charge < -0.3 is 4.74 Å². The Morgan fingerprint density at radius 2 is 1.87 bits per heavy atom. The molecule has 1 nitrogen and oxygen atoms in total. The Morgan fingerprint density at radius 3 is 2.47 bits per heavy atom. The summed E-state index contributed by atoms with van der Waals surface area (Å²) in [4.78, 5) is 0. The molecular weight excluding hydrogens is 184 g/mol. The normalized spacial score (nSPS) is 18.5. The van der Waals surface area contributed by atoms with Gasteiger partial charge in [-0.25, -0.2) is 0 Å². The summed E-state index contributed by atoms with van der Waals surface area (Å²) in [6, 6.07) is 6.59. The lowest BCUT2D eigenvalue weighted by Crippen LogP contribution is -2.24. The van der Waals surface area contributed by atoms with Crippen molar-refractivity contribution in [2.24, 2.45) is 0 Å². The highest BCUT2D eigenvalue weighted by atomic mass is 16.5. The van der Waals surface area contributed by atoms with Crippen LogP contribution in [0.4, 0.5) is 0 Å². The molecule has 0 N–H and O–H groups in total. The van der Waals surface area contributed by atoms with Crippen molar-refractivity contribution in [2.75, 3.05) is 0 Å². The van der Waals surface area contributed by atoms with Gasteiger partial charge >= 0.3 is 0 Å². The molecule has 1 aromatic carbocycles. The van der Waals surface area contributed by atoms with Gasteiger partial charge in [0.1, 0.15) is 11.4 Å². The number of ether oxygens (including phenoxy) is 1. The van der Waals surface area contributed by atoms with E-state index in [1.807, 2.05) is 0 Å². The standard InChI is InChI=1S/C14H20O/c1-13(2,3)11-6-7-12-10(8-11)9-14(4,5)15-12/h6-8H,9H2,1-5H3. The molecular formula is C14H20O. The van der Waals surface area contributed by atoms with Crippen LogP contribution in [0.5, 0.6) is 5.75 Å². The molecule has 15 heavy (non-hydrogen) atoms. The van der Waals surface area contributed by atoms with Gasteiger partial charge in [0.25, 0.3) is 0 Å². The van der Waals surface area contributed by atoms with Crippen LogP contribution in [0.1, 0.15) is 45.7 Å². The Labute approximate surface area is 92.5 Å². The molecule has 0 fully saturated rings. The first-order valence-electron chi connectivity index (χ1n) is 5.60. The van der Waals surface area contributed by atoms with Gasteiger partial charge in [0, 0.05) is 6.42 Å². The van der Waals surface area contributed by atoms with E-state index >= 15 is 0 Å². The van der Waals surface area contributed by atoms with Crippen LogP contribution in [0.3, 0.4) is 0 Å². The zero-order chi connectivity index (χ0) is 11.3. The predicted molar refractivity (Wildman–Crippen MR) is 63.6 cm³/mol. The summed E-state index contributed by atoms with van der Waals surface area (Å²) in [5.74, 6) is 1.06. The molecule has 0 bridgehead atoms. The van der Waals surface area contributed by atoms with Crippen LogP contribution in [-0.4, -0.2) is 5.60 Å². The molecule has 0 unspecified atom stereocenters. The smallest absolute Gasteiger partial charge is 0.123 e. The second kappa shape index (κ2) is 3.01. The van der Waals surface area contributed by atoms with Crippen LogP contribution >= 0.6 is 0 Å². The second-order valence-corrected chi connectivity index (χ2v) is 6.11. The molecule has 1 heterocycles. The molecule has 0 amide bonds. The van der Waals surface area contributed by atoms with E-state index in [9.17, 15) is 0 Å². The molecule has 0 aromatic heterocycles. The number of hydrogen-bond donors (Lipinski definition) is 0. The van der Waals surface area contributed by atoms with Gasteiger partial charge in [0.2, 0.25) is 0 Å². The molecule has 2 rings (SSSR count). The fourth-order valence-corrected chi connectivity index (χ4v) is 2.08. The van der Waals surface area contributed by atoms with Gasteiger partial charge in [-0.3, -0.25) is 0 Å². The summed E-state index contributed by atoms with van der Waals surface area (Å²) >= 11 is 0. The van der Waals surface area contributed by atoms with E-state index in [0.717, 1.165) is 12.2 Å². The minimum Gasteiger partial charge on any atom is -0.487 e. The van der Waals surface area contributed by atoms with E-state index in [4.69, 9.17) is 4.74 Å². The summed E-state index contributed by atoms with van der Waals surface area (Å²) < 4.78 is 5.86. The molecule has 1 aromatic rings. The molecule has 1 aliphatic heterocycles. The highest BCUT2D eigenvalue weighted by molar-refractivity contribution is 5.43. The molecule has 0 atom stereocenters. The largest absolute Gasteiger partial charge is 0.487 e. The van der Waals surface area contributed by atoms with Crippen molar-refractivity contribution in [2.45, 2.75) is 52.1 Å². The van der Waals surface area contributed by atoms with E-state index < -0.39 is 0 Å². The summed E-state index contributed by atoms with van der Waals surface area (Å²) in [6.45, 7) is 11.0. The van der Waals surface area contributed by atoms with Gasteiger partial charge in [0.05, 0.1) is 0 Å². The van der Waals surface area contributed by atoms with Crippen LogP contribution in [-0.2, 0) is 11.8 Å². The summed E-state index contributed by atoms with van der Waals surface area (Å²) in [6.07, 6.45) is 1.02. The maximum absolute atomic E-state index is 5.86. The number of fused-ring (bicyclic) bond motifs is 1. The monoisotopic (exact) mass is 204 g/mol. The Kier molecular flexibility index (Phi) is 2.11. The molecule has 0 saturated carbocycles. The molecule has 1 heteroatoms. The lowest BCUT2D eigenvalue weighted by atomic mass is 9.85. The van der Waals surface area contributed by atoms with Gasteiger partial charge in [-0.1, -0.05) is 32.9 Å². The van der Waals surface area contributed by atoms with Crippen molar-refractivity contribution in [3.8, 4) is 5.75 Å². The van der Waals surface area contributed by atoms with Gasteiger partial charge in [-0.2, -0.15) is 0 Å². The fraction of sp³-hybridized carbons (Fsp3) is 0.571. The van der Waals surface area contributed by atoms with E-state index in [2.05, 4.69) is 52.8 Å². The zero-order valence-electron chi connectivity index (χ0n) is 10.3. The fourth-order valence-electron chi connectivity index (χ4n) is 2.08. The van der Waals surface area contributed by atoms with Gasteiger partial charge in [-0.15, -0.1) is 0 Å². The van der Waals surface area contributed by atoms with Gasteiger partial charge in [-0.05, 0) is 36.5 Å². The summed E-state index contributed by atoms with van der Waals surface area (Å²) in [7, 11) is 0. The van der Waals surface area contributed by atoms with Crippen molar-refractivity contribution in [3.63, 3.8) is 0 Å². The van der Waals surface area contributed by atoms with Crippen molar-refractivity contribution in [3.05, 3.63) is 29.3 Å². The molecule has 0 saturated heterocycles. The van der Waals surface area contributed by atoms with Crippen molar-refractivity contribution >= 4 is 0 Å². The molecule has 0 spiro atoms. The lowest BCUT2D eigenvalue weighted by molar-refractivity contribution is 0.138. The first-order chi connectivity index (χ1) is 6.78. The SMILES string of the molecule is CC1(C)Cc2cc(C(C)(C)C)ccc2O1. The lowest BCUT2D eigenvalue weighted by Gasteiger charge is -2.19. The number of hydrogen-bond acceptors (Lipinski definition) is 1. The third-order valence-corrected chi connectivity index (χ3v) is 2.93. The first kappa shape index (κ1) is 10.5. The van der Waals surface area contributed by atoms with Crippen LogP contribution in [0.25, 0.3) is 0 Å². The van der Waals surface area contributed by atoms with E-state index in [-0.39, 0.29) is 11.0 Å². The molecule has 1 aliphatic rings. The third-order valence-electron chi connectivity index (χ3n) is 2.93. The zero-order valence-corrected chi connectivity index (χ0v) is 10.3. The van der Waals surface area contributed by atoms with E-state index in [1.165, 1.54) is 11.1 Å². The Hall–Kier alpha value is -0.980. The van der Waals surface area contributed by atoms with Crippen molar-refractivity contribution < 1.29 is 4.74 Å². The minimum absolute atomic E-state index is 0.0289. The quantitative estimate of drug-likeness (QED) is 0.626. The van der Waals surface area contributed by atoms with E-state index in [1.54, 1.807) is 0 Å². The van der Waals surface area contributed by atoms with Crippen LogP contribution in [0.2, 0.25) is 0 Å². The Bertz CT molecular complexity index is 383. The topological polar surface area (TPSA) is 9.23 Å². The Balaban J connectivity index is 2.39. The highest BCUT2D eigenvalue weighted by Crippen LogP contribution is 2.37. The molecule has 0 aliphatic carbocycles. The second-order valence-electron chi connectivity index (χ2n) is 6.11. The van der Waals surface area contributed by atoms with Crippen LogP contribution < -0.4 is 4.74 Å². The molecule has 0 radical (unpaired) electrons.